The third-order valence-electron chi connectivity index (χ3n) is 14.3. The van der Waals surface area contributed by atoms with E-state index >= 15 is 0 Å². The normalized spacial score (nSPS) is 22.2. The van der Waals surface area contributed by atoms with Crippen LogP contribution in [0.4, 0.5) is 0 Å². The maximum absolute atomic E-state index is 14.3. The number of aliphatic hydroxyl groups excluding tert-OH is 2. The van der Waals surface area contributed by atoms with Crippen LogP contribution in [0.25, 0.3) is 0 Å². The second kappa shape index (κ2) is 35.2. The number of carbonyl (C=O) groups is 12. The van der Waals surface area contributed by atoms with E-state index in [9.17, 15) is 67.7 Å². The number of nitrogens with two attached hydrogens (primary N) is 2. The third-order valence-corrected chi connectivity index (χ3v) is 14.3. The lowest BCUT2D eigenvalue weighted by Gasteiger charge is -2.31. The largest absolute Gasteiger partial charge is 0.458 e. The minimum Gasteiger partial charge on any atom is -0.458 e. The lowest BCUT2D eigenvalue weighted by molar-refractivity contribution is -0.157. The zero-order valence-corrected chi connectivity index (χ0v) is 47.9. The Morgan fingerprint density at radius 2 is 1.05 bits per heavy atom. The van der Waals surface area contributed by atoms with Crippen LogP contribution < -0.4 is 70.0 Å². The van der Waals surface area contributed by atoms with E-state index in [4.69, 9.17) is 16.2 Å². The van der Waals surface area contributed by atoms with Gasteiger partial charge < -0.3 is 84.9 Å². The predicted molar refractivity (Wildman–Crippen MR) is 288 cm³/mol. The minimum atomic E-state index is -1.80. The van der Waals surface area contributed by atoms with Crippen LogP contribution >= 0.6 is 0 Å². The highest BCUT2D eigenvalue weighted by Gasteiger charge is 2.41. The van der Waals surface area contributed by atoms with Gasteiger partial charge >= 0.3 is 5.97 Å². The van der Waals surface area contributed by atoms with Crippen LogP contribution in [0.2, 0.25) is 0 Å². The van der Waals surface area contributed by atoms with Crippen molar-refractivity contribution in [3.63, 3.8) is 0 Å². The molecule has 0 bridgehead atoms. The van der Waals surface area contributed by atoms with E-state index < -0.39 is 193 Å². The van der Waals surface area contributed by atoms with Gasteiger partial charge in [0.15, 0.2) is 0 Å². The SMILES string of the molecule is CC[C@@H](C)[C@@H](NC(=O)[C@@H](CCC(N)=O)NC(=O)[C@H](CO)NC(=O)[C@@H](NC(=O)[C@@H](C)NC)[C@@H](C)CC)C(=O)N[C@H](C(=O)N[C@@H](CO)C(=O)N[C@H]1C(=O)N[C@@H](C)C(=O)N[C@@H](CCCN)C(=O)N[C@@H]([C@@H](C)CC)C(=O)O[C@H]1C)[C@@H](C)CC. The molecule has 1 heterocycles. The van der Waals surface area contributed by atoms with Gasteiger partial charge in [-0.05, 0) is 77.3 Å². The van der Waals surface area contributed by atoms with E-state index in [-0.39, 0.29) is 25.8 Å². The van der Waals surface area contributed by atoms with Gasteiger partial charge in [-0.3, -0.25) is 52.7 Å². The Morgan fingerprint density at radius 3 is 1.51 bits per heavy atom. The second-order valence-corrected chi connectivity index (χ2v) is 20.4. The van der Waals surface area contributed by atoms with E-state index in [0.717, 1.165) is 0 Å². The number of carbonyl (C=O) groups excluding carboxylic acids is 12. The van der Waals surface area contributed by atoms with E-state index in [2.05, 4.69) is 58.5 Å². The predicted octanol–water partition coefficient (Wildman–Crippen LogP) is -4.42. The van der Waals surface area contributed by atoms with Gasteiger partial charge in [0, 0.05) is 6.42 Å². The van der Waals surface area contributed by atoms with Crippen molar-refractivity contribution in [2.75, 3.05) is 26.8 Å². The zero-order valence-electron chi connectivity index (χ0n) is 47.9. The number of ether oxygens (including phenoxy) is 1. The summed E-state index contributed by atoms with van der Waals surface area (Å²) in [7, 11) is 1.55. The molecule has 1 saturated heterocycles. The molecule has 16 atom stereocenters. The summed E-state index contributed by atoms with van der Waals surface area (Å²) in [6.07, 6.45) is -0.483. The van der Waals surface area contributed by atoms with Crippen molar-refractivity contribution in [3.05, 3.63) is 0 Å². The molecule has 1 aliphatic rings. The molecule has 1 aliphatic heterocycles. The Labute approximate surface area is 462 Å². The number of likely N-dealkylation sites (N-methyl/N-ethyl adjacent to an activating group) is 1. The fourth-order valence-corrected chi connectivity index (χ4v) is 7.90. The highest BCUT2D eigenvalue weighted by molar-refractivity contribution is 5.99. The molecule has 11 amide bonds. The Kier molecular flexibility index (Phi) is 31.4. The topological polar surface area (TPSA) is 439 Å². The molecule has 1 rings (SSSR count). The average molecular weight is 1130 g/mol. The number of hydrogen-bond donors (Lipinski definition) is 15. The number of nitrogens with one attached hydrogen (secondary N) is 11. The third kappa shape index (κ3) is 22.3. The van der Waals surface area contributed by atoms with Crippen LogP contribution in [-0.2, 0) is 62.3 Å². The van der Waals surface area contributed by atoms with Gasteiger partial charge in [0.1, 0.15) is 66.5 Å². The summed E-state index contributed by atoms with van der Waals surface area (Å²) in [4.78, 5) is 163. The van der Waals surface area contributed by atoms with E-state index in [0.29, 0.717) is 19.3 Å². The van der Waals surface area contributed by atoms with Crippen LogP contribution in [0, 0.1) is 23.7 Å². The molecule has 0 radical (unpaired) electrons. The number of esters is 1. The van der Waals surface area contributed by atoms with E-state index in [1.165, 1.54) is 13.8 Å². The van der Waals surface area contributed by atoms with Crippen LogP contribution in [-0.4, -0.2) is 181 Å². The van der Waals surface area contributed by atoms with Gasteiger partial charge in [0.05, 0.1) is 19.3 Å². The highest BCUT2D eigenvalue weighted by atomic mass is 16.5. The average Bonchev–Trinajstić information content (AvgIpc) is 3.42. The number of cyclic esters (lactones) is 1. The summed E-state index contributed by atoms with van der Waals surface area (Å²) in [5.41, 5.74) is 11.1. The van der Waals surface area contributed by atoms with Gasteiger partial charge in [-0.25, -0.2) is 4.79 Å². The molecule has 28 heteroatoms. The molecular weight excluding hydrogens is 1030 g/mol. The molecule has 0 aliphatic carbocycles. The van der Waals surface area contributed by atoms with Crippen LogP contribution in [0.15, 0.2) is 0 Å². The van der Waals surface area contributed by atoms with Gasteiger partial charge in [0.25, 0.3) is 0 Å². The molecule has 79 heavy (non-hydrogen) atoms. The number of aliphatic hydroxyl groups is 2. The summed E-state index contributed by atoms with van der Waals surface area (Å²) in [6, 6.07) is -15.1. The van der Waals surface area contributed by atoms with Crippen molar-refractivity contribution in [1.82, 2.24) is 58.5 Å². The van der Waals surface area contributed by atoms with Crippen molar-refractivity contribution in [2.24, 2.45) is 35.1 Å². The molecule has 0 saturated carbocycles. The molecule has 1 fully saturated rings. The minimum absolute atomic E-state index is 0.109. The van der Waals surface area contributed by atoms with Crippen LogP contribution in [0.5, 0.6) is 0 Å². The summed E-state index contributed by atoms with van der Waals surface area (Å²) in [5.74, 6) is -12.9. The van der Waals surface area contributed by atoms with Gasteiger partial charge in [0.2, 0.25) is 65.0 Å². The molecule has 450 valence electrons. The first-order valence-electron chi connectivity index (χ1n) is 27.2. The monoisotopic (exact) mass is 1130 g/mol. The number of amides is 11. The van der Waals surface area contributed by atoms with Crippen LogP contribution in [0.1, 0.15) is 128 Å². The molecule has 0 spiro atoms. The van der Waals surface area contributed by atoms with Crippen molar-refractivity contribution in [2.45, 2.75) is 200 Å². The Morgan fingerprint density at radius 1 is 0.595 bits per heavy atom. The number of primary amides is 1. The van der Waals surface area contributed by atoms with Gasteiger partial charge in [-0.15, -0.1) is 0 Å². The van der Waals surface area contributed by atoms with Crippen molar-refractivity contribution >= 4 is 70.9 Å². The lowest BCUT2D eigenvalue weighted by atomic mass is 9.94. The molecule has 0 aromatic heterocycles. The zero-order chi connectivity index (χ0) is 60.4. The molecule has 0 unspecified atom stereocenters. The second-order valence-electron chi connectivity index (χ2n) is 20.4. The number of rotatable bonds is 31. The first kappa shape index (κ1) is 70.5. The Hall–Kier alpha value is -6.52. The fraction of sp³-hybridized carbons (Fsp3) is 0.765. The summed E-state index contributed by atoms with van der Waals surface area (Å²) >= 11 is 0. The molecule has 0 aromatic rings. The first-order chi connectivity index (χ1) is 37.1. The van der Waals surface area contributed by atoms with Crippen LogP contribution in [0.3, 0.4) is 0 Å². The molecule has 0 aromatic carbocycles. The standard InChI is InChI=1S/C51H91N13O15/c1-13-24(5)36(60-41(68)28(9)54-12)47(74)58-33(22-65)45(72)57-32(19-20-35(53)67)44(71)61-38(26(7)15-3)49(76)62-37(25(6)14-2)48(75)59-34(23-66)46(73)64-40-30(11)79-51(78)39(27(8)16-4)63-43(70)31(18-17-21-52)56-42(69)29(10)55-50(40)77/h24-34,36-40,54,65-66H,13-23,52H2,1-12H3,(H2,53,67)(H,55,77)(H,56,69)(H,57,72)(H,58,74)(H,59,75)(H,60,68)(H,61,71)(H,62,76)(H,63,70)(H,64,73)/t24-,25-,26+,27-,28+,29-,30-,31-,32+,33-,34-,36-,37-,38+,39-,40+/m0/s1. The summed E-state index contributed by atoms with van der Waals surface area (Å²) in [5, 5.41) is 48.6. The lowest BCUT2D eigenvalue weighted by Crippen LogP contribution is -2.63. The van der Waals surface area contributed by atoms with Crippen molar-refractivity contribution in [3.8, 4) is 0 Å². The summed E-state index contributed by atoms with van der Waals surface area (Å²) in [6.45, 7) is 15.9. The van der Waals surface area contributed by atoms with Gasteiger partial charge in [-0.1, -0.05) is 81.1 Å². The maximum Gasteiger partial charge on any atom is 0.329 e. The van der Waals surface area contributed by atoms with E-state index in [1.54, 1.807) is 69.4 Å². The molecule has 17 N–H and O–H groups in total. The summed E-state index contributed by atoms with van der Waals surface area (Å²) < 4.78 is 5.67. The van der Waals surface area contributed by atoms with E-state index in [1.807, 2.05) is 0 Å². The number of hydrogen-bond acceptors (Lipinski definition) is 17. The maximum atomic E-state index is 14.3. The molecular formula is C51H91N13O15. The fourth-order valence-electron chi connectivity index (χ4n) is 7.90. The Balaban J connectivity index is 3.51. The first-order valence-corrected chi connectivity index (χ1v) is 27.2. The quantitative estimate of drug-likeness (QED) is 0.0291. The van der Waals surface area contributed by atoms with Gasteiger partial charge in [-0.2, -0.15) is 0 Å². The van der Waals surface area contributed by atoms with Crippen molar-refractivity contribution in [1.29, 1.82) is 0 Å². The highest BCUT2D eigenvalue weighted by Crippen LogP contribution is 2.17. The smallest absolute Gasteiger partial charge is 0.329 e. The molecule has 28 nitrogen and oxygen atoms in total. The van der Waals surface area contributed by atoms with Crippen molar-refractivity contribution < 1.29 is 72.5 Å². The Bertz CT molecular complexity index is 2100.